The van der Waals surface area contributed by atoms with Crippen LogP contribution in [0.15, 0.2) is 24.3 Å². The van der Waals surface area contributed by atoms with Crippen molar-refractivity contribution in [2.75, 3.05) is 6.67 Å². The molecule has 0 bridgehead atoms. The molecule has 0 amide bonds. The Morgan fingerprint density at radius 2 is 1.77 bits per heavy atom. The smallest absolute Gasteiger partial charge is 0.115 e. The van der Waals surface area contributed by atoms with E-state index in [4.69, 9.17) is 5.11 Å². The van der Waals surface area contributed by atoms with E-state index < -0.39 is 0 Å². The molecule has 1 atom stereocenters. The van der Waals surface area contributed by atoms with Crippen molar-refractivity contribution in [3.05, 3.63) is 29.8 Å². The van der Waals surface area contributed by atoms with Gasteiger partial charge >= 0.3 is 0 Å². The number of benzene rings is 1. The normalized spacial score (nSPS) is 13.2. The Kier molecular flexibility index (Phi) is 3.29. The molecular formula is C11H15FO. The fraction of sp³-hybridized carbons (Fsp3) is 0.455. The average Bonchev–Trinajstić information content (AvgIpc) is 2.09. The number of halogens is 1. The zero-order valence-electron chi connectivity index (χ0n) is 8.00. The molecule has 13 heavy (non-hydrogen) atoms. The second kappa shape index (κ2) is 4.26. The number of hydrogen-bond acceptors (Lipinski definition) is 1. The largest absolute Gasteiger partial charge is 0.508 e. The Bertz CT molecular complexity index is 253. The van der Waals surface area contributed by atoms with Gasteiger partial charge in [-0.05, 0) is 23.6 Å². The van der Waals surface area contributed by atoms with E-state index in [0.29, 0.717) is 0 Å². The average molecular weight is 182 g/mol. The molecule has 0 spiro atoms. The molecule has 1 nitrogen and oxygen atoms in total. The summed E-state index contributed by atoms with van der Waals surface area (Å²) in [6.45, 7) is 3.65. The first-order chi connectivity index (χ1) is 6.15. The van der Waals surface area contributed by atoms with Crippen LogP contribution >= 0.6 is 0 Å². The van der Waals surface area contributed by atoms with Gasteiger partial charge in [0.05, 0.1) is 6.67 Å². The van der Waals surface area contributed by atoms with Crippen LogP contribution in [0.1, 0.15) is 25.3 Å². The molecule has 1 N–H and O–H groups in total. The summed E-state index contributed by atoms with van der Waals surface area (Å²) in [5, 5.41) is 9.06. The van der Waals surface area contributed by atoms with Crippen LogP contribution in [0.5, 0.6) is 5.75 Å². The van der Waals surface area contributed by atoms with Crippen LogP contribution < -0.4 is 0 Å². The van der Waals surface area contributed by atoms with Crippen molar-refractivity contribution in [2.45, 2.75) is 19.8 Å². The van der Waals surface area contributed by atoms with Crippen LogP contribution in [0.25, 0.3) is 0 Å². The molecule has 0 heterocycles. The zero-order chi connectivity index (χ0) is 9.84. The van der Waals surface area contributed by atoms with Gasteiger partial charge in [-0.2, -0.15) is 0 Å². The predicted molar refractivity (Wildman–Crippen MR) is 51.7 cm³/mol. The summed E-state index contributed by atoms with van der Waals surface area (Å²) < 4.78 is 12.6. The summed E-state index contributed by atoms with van der Waals surface area (Å²) in [4.78, 5) is 0. The van der Waals surface area contributed by atoms with Gasteiger partial charge in [0, 0.05) is 5.92 Å². The van der Waals surface area contributed by atoms with Gasteiger partial charge < -0.3 is 5.11 Å². The van der Waals surface area contributed by atoms with E-state index in [9.17, 15) is 4.39 Å². The quantitative estimate of drug-likeness (QED) is 0.761. The monoisotopic (exact) mass is 182 g/mol. The molecule has 1 aromatic carbocycles. The summed E-state index contributed by atoms with van der Waals surface area (Å²) in [7, 11) is 0. The van der Waals surface area contributed by atoms with Crippen molar-refractivity contribution in [2.24, 2.45) is 5.92 Å². The van der Waals surface area contributed by atoms with Gasteiger partial charge in [0.15, 0.2) is 0 Å². The zero-order valence-corrected chi connectivity index (χ0v) is 8.00. The minimum atomic E-state index is -0.345. The van der Waals surface area contributed by atoms with Gasteiger partial charge in [0.2, 0.25) is 0 Å². The molecule has 0 aliphatic heterocycles. The summed E-state index contributed by atoms with van der Waals surface area (Å²) in [6.07, 6.45) is 0. The van der Waals surface area contributed by atoms with Crippen LogP contribution in [0.3, 0.4) is 0 Å². The van der Waals surface area contributed by atoms with Gasteiger partial charge in [0.25, 0.3) is 0 Å². The molecule has 1 aromatic rings. The number of hydrogen-bond donors (Lipinski definition) is 1. The predicted octanol–water partition coefficient (Wildman–Crippen LogP) is 3.10. The van der Waals surface area contributed by atoms with E-state index >= 15 is 0 Å². The molecule has 0 aliphatic rings. The summed E-state index contributed by atoms with van der Waals surface area (Å²) in [6, 6.07) is 6.75. The number of alkyl halides is 1. The number of aromatic hydroxyl groups is 1. The van der Waals surface area contributed by atoms with Crippen molar-refractivity contribution >= 4 is 0 Å². The Morgan fingerprint density at radius 1 is 1.23 bits per heavy atom. The maximum Gasteiger partial charge on any atom is 0.115 e. The molecule has 72 valence electrons. The van der Waals surface area contributed by atoms with Crippen LogP contribution in [0.2, 0.25) is 0 Å². The first-order valence-electron chi connectivity index (χ1n) is 4.50. The van der Waals surface area contributed by atoms with Gasteiger partial charge in [-0.3, -0.25) is 4.39 Å². The third kappa shape index (κ3) is 2.44. The topological polar surface area (TPSA) is 20.2 Å². The van der Waals surface area contributed by atoms with Crippen molar-refractivity contribution in [1.82, 2.24) is 0 Å². The van der Waals surface area contributed by atoms with E-state index in [1.807, 2.05) is 13.8 Å². The third-order valence-electron chi connectivity index (χ3n) is 2.29. The second-order valence-electron chi connectivity index (χ2n) is 3.60. The van der Waals surface area contributed by atoms with Crippen LogP contribution in [0, 0.1) is 5.92 Å². The van der Waals surface area contributed by atoms with Gasteiger partial charge in [-0.1, -0.05) is 26.0 Å². The van der Waals surface area contributed by atoms with Crippen molar-refractivity contribution in [1.29, 1.82) is 0 Å². The Balaban J connectivity index is 2.86. The van der Waals surface area contributed by atoms with Crippen LogP contribution in [-0.4, -0.2) is 11.8 Å². The second-order valence-corrected chi connectivity index (χ2v) is 3.60. The highest BCUT2D eigenvalue weighted by Crippen LogP contribution is 2.25. The molecule has 2 heteroatoms. The lowest BCUT2D eigenvalue weighted by atomic mass is 9.90. The molecule has 0 fully saturated rings. The molecule has 0 saturated heterocycles. The summed E-state index contributed by atoms with van der Waals surface area (Å²) in [5.41, 5.74) is 0.954. The van der Waals surface area contributed by atoms with E-state index in [1.165, 1.54) is 0 Å². The lowest BCUT2D eigenvalue weighted by Crippen LogP contribution is -2.08. The molecular weight excluding hydrogens is 167 g/mol. The maximum atomic E-state index is 12.6. The SMILES string of the molecule is CC(C)C(CF)c1ccc(O)cc1. The molecule has 1 unspecified atom stereocenters. The van der Waals surface area contributed by atoms with Crippen LogP contribution in [0.4, 0.5) is 4.39 Å². The van der Waals surface area contributed by atoms with E-state index in [0.717, 1.165) is 5.56 Å². The fourth-order valence-corrected chi connectivity index (χ4v) is 1.37. The highest BCUT2D eigenvalue weighted by atomic mass is 19.1. The lowest BCUT2D eigenvalue weighted by Gasteiger charge is -2.17. The summed E-state index contributed by atoms with van der Waals surface area (Å²) in [5.74, 6) is 0.459. The van der Waals surface area contributed by atoms with Crippen LogP contribution in [-0.2, 0) is 0 Å². The van der Waals surface area contributed by atoms with Gasteiger partial charge in [-0.25, -0.2) is 0 Å². The lowest BCUT2D eigenvalue weighted by molar-refractivity contribution is 0.365. The van der Waals surface area contributed by atoms with Gasteiger partial charge in [-0.15, -0.1) is 0 Å². The van der Waals surface area contributed by atoms with Crippen molar-refractivity contribution < 1.29 is 9.50 Å². The number of rotatable bonds is 3. The third-order valence-corrected chi connectivity index (χ3v) is 2.29. The minimum Gasteiger partial charge on any atom is -0.508 e. The standard InChI is InChI=1S/C11H15FO/c1-8(2)11(7-12)9-3-5-10(13)6-4-9/h3-6,8,11,13H,7H2,1-2H3. The number of phenols is 1. The number of phenolic OH excluding ortho intramolecular Hbond substituents is 1. The Morgan fingerprint density at radius 3 is 2.15 bits per heavy atom. The van der Waals surface area contributed by atoms with Crippen molar-refractivity contribution in [3.8, 4) is 5.75 Å². The first-order valence-corrected chi connectivity index (χ1v) is 4.50. The van der Waals surface area contributed by atoms with E-state index in [-0.39, 0.29) is 24.3 Å². The molecule has 1 rings (SSSR count). The van der Waals surface area contributed by atoms with E-state index in [1.54, 1.807) is 24.3 Å². The maximum absolute atomic E-state index is 12.6. The van der Waals surface area contributed by atoms with Crippen molar-refractivity contribution in [3.63, 3.8) is 0 Å². The molecule has 0 radical (unpaired) electrons. The first kappa shape index (κ1) is 10.0. The van der Waals surface area contributed by atoms with E-state index in [2.05, 4.69) is 0 Å². The Labute approximate surface area is 78.2 Å². The highest BCUT2D eigenvalue weighted by molar-refractivity contribution is 5.28. The Hall–Kier alpha value is -1.05. The van der Waals surface area contributed by atoms with Gasteiger partial charge in [0.1, 0.15) is 5.75 Å². The highest BCUT2D eigenvalue weighted by Gasteiger charge is 2.14. The molecule has 0 saturated carbocycles. The fourth-order valence-electron chi connectivity index (χ4n) is 1.37. The minimum absolute atomic E-state index is 0.0550. The molecule has 0 aromatic heterocycles. The molecule has 0 aliphatic carbocycles. The summed E-state index contributed by atoms with van der Waals surface area (Å²) >= 11 is 0.